The van der Waals surface area contributed by atoms with Crippen molar-refractivity contribution in [1.29, 1.82) is 0 Å². The fourth-order valence-corrected chi connectivity index (χ4v) is 0.931. The second-order valence-electron chi connectivity index (χ2n) is 2.50. The number of hydrogen-bond donors (Lipinski definition) is 2. The van der Waals surface area contributed by atoms with Crippen molar-refractivity contribution in [2.24, 2.45) is 0 Å². The van der Waals surface area contributed by atoms with Gasteiger partial charge in [-0.15, -0.1) is 0 Å². The molecule has 12 heavy (non-hydrogen) atoms. The number of hydrogen-bond acceptors (Lipinski definition) is 2. The Bertz CT molecular complexity index is 287. The SMILES string of the molecule is C=C(NC)c1cc(N)cc(F)c1. The van der Waals surface area contributed by atoms with Crippen molar-refractivity contribution in [3.05, 3.63) is 36.2 Å². The zero-order valence-electron chi connectivity index (χ0n) is 6.89. The minimum atomic E-state index is -0.346. The fourth-order valence-electron chi connectivity index (χ4n) is 0.931. The molecule has 0 aliphatic rings. The molecule has 64 valence electrons. The first-order chi connectivity index (χ1) is 5.63. The maximum absolute atomic E-state index is 12.8. The van der Waals surface area contributed by atoms with E-state index in [2.05, 4.69) is 11.9 Å². The van der Waals surface area contributed by atoms with E-state index < -0.39 is 0 Å². The zero-order valence-corrected chi connectivity index (χ0v) is 6.89. The van der Waals surface area contributed by atoms with Gasteiger partial charge in [-0.25, -0.2) is 4.39 Å². The van der Waals surface area contributed by atoms with Crippen molar-refractivity contribution in [3.8, 4) is 0 Å². The molecule has 3 N–H and O–H groups in total. The molecule has 0 radical (unpaired) electrons. The summed E-state index contributed by atoms with van der Waals surface area (Å²) in [4.78, 5) is 0. The monoisotopic (exact) mass is 166 g/mol. The van der Waals surface area contributed by atoms with E-state index in [1.807, 2.05) is 0 Å². The lowest BCUT2D eigenvalue weighted by Gasteiger charge is -2.05. The molecule has 0 aliphatic heterocycles. The van der Waals surface area contributed by atoms with Gasteiger partial charge in [-0.1, -0.05) is 6.58 Å². The van der Waals surface area contributed by atoms with Gasteiger partial charge < -0.3 is 11.1 Å². The molecule has 0 aromatic heterocycles. The predicted octanol–water partition coefficient (Wildman–Crippen LogP) is 1.60. The molecule has 0 aliphatic carbocycles. The Kier molecular flexibility index (Phi) is 2.33. The van der Waals surface area contributed by atoms with Gasteiger partial charge in [-0.3, -0.25) is 0 Å². The molecule has 0 saturated heterocycles. The summed E-state index contributed by atoms with van der Waals surface area (Å²) < 4.78 is 12.8. The third-order valence-electron chi connectivity index (χ3n) is 1.57. The quantitative estimate of drug-likeness (QED) is 0.655. The summed E-state index contributed by atoms with van der Waals surface area (Å²) in [6.45, 7) is 3.69. The Labute approximate surface area is 70.9 Å². The van der Waals surface area contributed by atoms with E-state index in [0.29, 0.717) is 16.9 Å². The third-order valence-corrected chi connectivity index (χ3v) is 1.57. The van der Waals surface area contributed by atoms with Crippen LogP contribution in [0, 0.1) is 5.82 Å². The molecule has 2 nitrogen and oxygen atoms in total. The van der Waals surface area contributed by atoms with Crippen LogP contribution >= 0.6 is 0 Å². The number of nitrogens with two attached hydrogens (primary N) is 1. The maximum Gasteiger partial charge on any atom is 0.125 e. The highest BCUT2D eigenvalue weighted by Gasteiger charge is 1.99. The number of nitrogens with one attached hydrogen (secondary N) is 1. The topological polar surface area (TPSA) is 38.0 Å². The Hall–Kier alpha value is -1.51. The van der Waals surface area contributed by atoms with Crippen molar-refractivity contribution in [3.63, 3.8) is 0 Å². The van der Waals surface area contributed by atoms with Crippen molar-refractivity contribution in [1.82, 2.24) is 5.32 Å². The highest BCUT2D eigenvalue weighted by atomic mass is 19.1. The number of halogens is 1. The van der Waals surface area contributed by atoms with Gasteiger partial charge in [0.1, 0.15) is 5.82 Å². The number of nitrogen functional groups attached to an aromatic ring is 1. The maximum atomic E-state index is 12.8. The number of benzene rings is 1. The van der Waals surface area contributed by atoms with Crippen LogP contribution in [-0.2, 0) is 0 Å². The summed E-state index contributed by atoms with van der Waals surface area (Å²) in [5, 5.41) is 2.82. The third kappa shape index (κ3) is 1.75. The van der Waals surface area contributed by atoms with Crippen LogP contribution in [0.15, 0.2) is 24.8 Å². The molecule has 1 aromatic carbocycles. The molecule has 0 unspecified atom stereocenters. The Morgan fingerprint density at radius 2 is 2.17 bits per heavy atom. The van der Waals surface area contributed by atoms with Gasteiger partial charge in [-0.2, -0.15) is 0 Å². The molecular weight excluding hydrogens is 155 g/mol. The second kappa shape index (κ2) is 3.26. The molecular formula is C9H11FN2. The largest absolute Gasteiger partial charge is 0.399 e. The molecule has 3 heteroatoms. The summed E-state index contributed by atoms with van der Waals surface area (Å²) >= 11 is 0. The van der Waals surface area contributed by atoms with E-state index in [4.69, 9.17) is 5.73 Å². The smallest absolute Gasteiger partial charge is 0.125 e. The fraction of sp³-hybridized carbons (Fsp3) is 0.111. The van der Waals surface area contributed by atoms with Gasteiger partial charge in [0.05, 0.1) is 0 Å². The second-order valence-corrected chi connectivity index (χ2v) is 2.50. The Morgan fingerprint density at radius 1 is 1.50 bits per heavy atom. The average molecular weight is 166 g/mol. The predicted molar refractivity (Wildman–Crippen MR) is 48.9 cm³/mol. The molecule has 0 fully saturated rings. The van der Waals surface area contributed by atoms with E-state index >= 15 is 0 Å². The molecule has 0 spiro atoms. The Morgan fingerprint density at radius 3 is 2.67 bits per heavy atom. The van der Waals surface area contributed by atoms with E-state index in [9.17, 15) is 4.39 Å². The minimum absolute atomic E-state index is 0.346. The van der Waals surface area contributed by atoms with Gasteiger partial charge in [-0.05, 0) is 18.2 Å². The van der Waals surface area contributed by atoms with Gasteiger partial charge in [0, 0.05) is 24.0 Å². The molecule has 0 bridgehead atoms. The van der Waals surface area contributed by atoms with E-state index in [-0.39, 0.29) is 5.82 Å². The zero-order chi connectivity index (χ0) is 9.14. The normalized spacial score (nSPS) is 9.50. The molecule has 0 heterocycles. The summed E-state index contributed by atoms with van der Waals surface area (Å²) in [6, 6.07) is 4.32. The molecule has 0 amide bonds. The molecule has 1 rings (SSSR count). The van der Waals surface area contributed by atoms with Gasteiger partial charge in [0.15, 0.2) is 0 Å². The highest BCUT2D eigenvalue weighted by molar-refractivity contribution is 5.64. The molecule has 0 atom stereocenters. The highest BCUT2D eigenvalue weighted by Crippen LogP contribution is 2.15. The lowest BCUT2D eigenvalue weighted by atomic mass is 10.1. The average Bonchev–Trinajstić information content (AvgIpc) is 2.01. The van der Waals surface area contributed by atoms with Crippen LogP contribution in [0.1, 0.15) is 5.56 Å². The van der Waals surface area contributed by atoms with E-state index in [1.165, 1.54) is 12.1 Å². The molecule has 0 saturated carbocycles. The lowest BCUT2D eigenvalue weighted by Crippen LogP contribution is -2.03. The minimum Gasteiger partial charge on any atom is -0.399 e. The van der Waals surface area contributed by atoms with Crippen LogP contribution in [0.5, 0.6) is 0 Å². The molecule has 1 aromatic rings. The van der Waals surface area contributed by atoms with E-state index in [1.54, 1.807) is 13.1 Å². The van der Waals surface area contributed by atoms with Crippen LogP contribution in [0.4, 0.5) is 10.1 Å². The van der Waals surface area contributed by atoms with E-state index in [0.717, 1.165) is 0 Å². The van der Waals surface area contributed by atoms with Gasteiger partial charge in [0.2, 0.25) is 0 Å². The van der Waals surface area contributed by atoms with Crippen molar-refractivity contribution >= 4 is 11.4 Å². The first kappa shape index (κ1) is 8.59. The van der Waals surface area contributed by atoms with Crippen molar-refractivity contribution in [2.75, 3.05) is 12.8 Å². The van der Waals surface area contributed by atoms with Gasteiger partial charge >= 0.3 is 0 Å². The number of anilines is 1. The standard InChI is InChI=1S/C9H11FN2/c1-6(12-2)7-3-8(10)5-9(11)4-7/h3-5,12H,1,11H2,2H3. The van der Waals surface area contributed by atoms with Crippen LogP contribution in [0.2, 0.25) is 0 Å². The summed E-state index contributed by atoms with van der Waals surface area (Å²) in [6.07, 6.45) is 0. The van der Waals surface area contributed by atoms with Crippen molar-refractivity contribution < 1.29 is 4.39 Å². The van der Waals surface area contributed by atoms with Crippen LogP contribution < -0.4 is 11.1 Å². The van der Waals surface area contributed by atoms with Gasteiger partial charge in [0.25, 0.3) is 0 Å². The summed E-state index contributed by atoms with van der Waals surface area (Å²) in [5.74, 6) is -0.346. The first-order valence-electron chi connectivity index (χ1n) is 3.56. The summed E-state index contributed by atoms with van der Waals surface area (Å²) in [5.41, 5.74) is 7.18. The van der Waals surface area contributed by atoms with Crippen molar-refractivity contribution in [2.45, 2.75) is 0 Å². The van der Waals surface area contributed by atoms with Crippen LogP contribution in [0.3, 0.4) is 0 Å². The van der Waals surface area contributed by atoms with Crippen LogP contribution in [0.25, 0.3) is 5.70 Å². The first-order valence-corrected chi connectivity index (χ1v) is 3.56. The lowest BCUT2D eigenvalue weighted by molar-refractivity contribution is 0.628. The van der Waals surface area contributed by atoms with Crippen LogP contribution in [-0.4, -0.2) is 7.05 Å². The summed E-state index contributed by atoms with van der Waals surface area (Å²) in [7, 11) is 1.73. The number of rotatable bonds is 2. The Balaban J connectivity index is 3.08.